The number of ether oxygens (including phenoxy) is 3. The largest absolute Gasteiger partial charge is 0.417 e. The molecule has 0 spiro atoms. The zero-order valence-electron chi connectivity index (χ0n) is 30.0. The van der Waals surface area contributed by atoms with Crippen LogP contribution < -0.4 is 0 Å². The van der Waals surface area contributed by atoms with Gasteiger partial charge in [0.25, 0.3) is 0 Å². The summed E-state index contributed by atoms with van der Waals surface area (Å²) in [5, 5.41) is 0.210. The highest BCUT2D eigenvalue weighted by molar-refractivity contribution is 6.74. The van der Waals surface area contributed by atoms with Crippen LogP contribution in [-0.4, -0.2) is 57.8 Å². The van der Waals surface area contributed by atoms with Crippen molar-refractivity contribution in [2.45, 2.75) is 141 Å². The summed E-state index contributed by atoms with van der Waals surface area (Å²) in [6.07, 6.45) is 11.0. The second kappa shape index (κ2) is 16.0. The minimum Gasteiger partial charge on any atom is -0.417 e. The van der Waals surface area contributed by atoms with E-state index >= 15 is 0 Å². The molecular weight excluding hydrogens is 589 g/mol. The molecule has 3 heterocycles. The predicted octanol–water partition coefficient (Wildman–Crippen LogP) is 9.29. The fourth-order valence-electron chi connectivity index (χ4n) is 7.28. The first-order chi connectivity index (χ1) is 21.7. The van der Waals surface area contributed by atoms with Gasteiger partial charge in [-0.2, -0.15) is 0 Å². The molecule has 1 aromatic rings. The number of hydrogen-bond donors (Lipinski definition) is 0. The van der Waals surface area contributed by atoms with Gasteiger partial charge in [-0.05, 0) is 96.7 Å². The monoisotopic (exact) mass is 650 g/mol. The highest BCUT2D eigenvalue weighted by atomic mass is 28.4. The van der Waals surface area contributed by atoms with E-state index in [9.17, 15) is 4.79 Å². The highest BCUT2D eigenvalue weighted by Crippen LogP contribution is 2.43. The molecule has 256 valence electrons. The zero-order valence-corrected chi connectivity index (χ0v) is 31.0. The standard InChI is InChI=1S/C40H62O5Si/c1-27(26-42-46(9,10)40(6,7)8)21-37-31(5)35(24-32-15-12-11-13-16-32)39(45-37)25-38-30(4)28(2)22-34(44-38)18-19-36-29(3)23-33(43-36)17-14-20-41/h11-17,20,27-28,31,33-39H,3-4,18-19,21-26H2,1-2,5-10H3/b17-14+/t27-,28+,31+,33-,34-,35+,36?,37+,38?,39-/m0/s1. The quantitative estimate of drug-likeness (QED) is 0.0870. The summed E-state index contributed by atoms with van der Waals surface area (Å²) in [5.41, 5.74) is 3.68. The number of benzene rings is 1. The van der Waals surface area contributed by atoms with Gasteiger partial charge in [0, 0.05) is 19.4 Å². The molecule has 3 fully saturated rings. The lowest BCUT2D eigenvalue weighted by molar-refractivity contribution is -0.104. The van der Waals surface area contributed by atoms with Crippen molar-refractivity contribution in [2.24, 2.45) is 23.7 Å². The molecule has 10 atom stereocenters. The molecule has 0 bridgehead atoms. The highest BCUT2D eigenvalue weighted by Gasteiger charge is 2.45. The molecule has 0 saturated carbocycles. The Balaban J connectivity index is 1.40. The maximum Gasteiger partial charge on any atom is 0.191 e. The third kappa shape index (κ3) is 9.62. The third-order valence-electron chi connectivity index (χ3n) is 11.5. The van der Waals surface area contributed by atoms with Crippen molar-refractivity contribution in [3.05, 3.63) is 72.4 Å². The van der Waals surface area contributed by atoms with Crippen molar-refractivity contribution in [2.75, 3.05) is 6.61 Å². The van der Waals surface area contributed by atoms with E-state index in [1.807, 2.05) is 6.08 Å². The summed E-state index contributed by atoms with van der Waals surface area (Å²) in [5.74, 6) is 1.69. The fraction of sp³-hybridized carbons (Fsp3) is 0.675. The van der Waals surface area contributed by atoms with Crippen molar-refractivity contribution in [3.8, 4) is 0 Å². The van der Waals surface area contributed by atoms with Gasteiger partial charge in [0.05, 0.1) is 36.6 Å². The molecule has 0 amide bonds. The van der Waals surface area contributed by atoms with Crippen molar-refractivity contribution in [1.82, 2.24) is 0 Å². The summed E-state index contributed by atoms with van der Waals surface area (Å²) in [6.45, 7) is 28.2. The first-order valence-corrected chi connectivity index (χ1v) is 20.7. The second-order valence-corrected chi connectivity index (χ2v) is 21.0. The molecule has 6 heteroatoms. The van der Waals surface area contributed by atoms with Crippen LogP contribution in [0.1, 0.15) is 85.6 Å². The number of aldehydes is 1. The number of carbonyl (C=O) groups excluding carboxylic acids is 1. The Morgan fingerprint density at radius 1 is 1.02 bits per heavy atom. The van der Waals surface area contributed by atoms with E-state index < -0.39 is 8.32 Å². The topological polar surface area (TPSA) is 54.0 Å². The molecule has 1 aromatic carbocycles. The van der Waals surface area contributed by atoms with Gasteiger partial charge in [0.15, 0.2) is 8.32 Å². The molecule has 3 aliphatic rings. The van der Waals surface area contributed by atoms with E-state index in [1.54, 1.807) is 0 Å². The minimum absolute atomic E-state index is 0.0152. The maximum atomic E-state index is 10.8. The Morgan fingerprint density at radius 3 is 2.41 bits per heavy atom. The Hall–Kier alpha value is -1.83. The first kappa shape index (κ1) is 37.0. The summed E-state index contributed by atoms with van der Waals surface area (Å²) in [4.78, 5) is 10.8. The van der Waals surface area contributed by atoms with E-state index in [-0.39, 0.29) is 41.7 Å². The van der Waals surface area contributed by atoms with Crippen LogP contribution in [0.15, 0.2) is 66.8 Å². The molecule has 4 rings (SSSR count). The summed E-state index contributed by atoms with van der Waals surface area (Å²) < 4.78 is 26.7. The average molecular weight is 651 g/mol. The number of hydrogen-bond acceptors (Lipinski definition) is 5. The predicted molar refractivity (Wildman–Crippen MR) is 191 cm³/mol. The van der Waals surface area contributed by atoms with Crippen LogP contribution in [0.25, 0.3) is 0 Å². The summed E-state index contributed by atoms with van der Waals surface area (Å²) in [7, 11) is -1.79. The Bertz CT molecular complexity index is 1190. The van der Waals surface area contributed by atoms with Crippen LogP contribution in [0.4, 0.5) is 0 Å². The van der Waals surface area contributed by atoms with E-state index in [1.165, 1.54) is 17.2 Å². The van der Waals surface area contributed by atoms with Gasteiger partial charge in [-0.15, -0.1) is 0 Å². The summed E-state index contributed by atoms with van der Waals surface area (Å²) in [6, 6.07) is 10.9. The van der Waals surface area contributed by atoms with Crippen LogP contribution in [0.2, 0.25) is 18.1 Å². The van der Waals surface area contributed by atoms with Crippen LogP contribution >= 0.6 is 0 Å². The summed E-state index contributed by atoms with van der Waals surface area (Å²) >= 11 is 0. The normalized spacial score (nSPS) is 33.2. The average Bonchev–Trinajstić information content (AvgIpc) is 3.49. The van der Waals surface area contributed by atoms with E-state index in [0.717, 1.165) is 63.4 Å². The first-order valence-electron chi connectivity index (χ1n) is 17.8. The van der Waals surface area contributed by atoms with E-state index in [0.29, 0.717) is 23.7 Å². The molecule has 0 N–H and O–H groups in total. The molecule has 2 unspecified atom stereocenters. The number of allylic oxidation sites excluding steroid dienone is 1. The lowest BCUT2D eigenvalue weighted by atomic mass is 9.78. The molecular formula is C40H62O5Si. The number of rotatable bonds is 14. The van der Waals surface area contributed by atoms with Gasteiger partial charge in [0.2, 0.25) is 0 Å². The lowest BCUT2D eigenvalue weighted by Gasteiger charge is -2.38. The van der Waals surface area contributed by atoms with Crippen molar-refractivity contribution in [1.29, 1.82) is 0 Å². The van der Waals surface area contributed by atoms with Crippen LogP contribution in [0.5, 0.6) is 0 Å². The van der Waals surface area contributed by atoms with E-state index in [2.05, 4.69) is 98.1 Å². The molecule has 3 saturated heterocycles. The van der Waals surface area contributed by atoms with Gasteiger partial charge in [-0.3, -0.25) is 4.79 Å². The van der Waals surface area contributed by atoms with Crippen molar-refractivity contribution < 1.29 is 23.4 Å². The minimum atomic E-state index is -1.79. The van der Waals surface area contributed by atoms with Gasteiger partial charge < -0.3 is 18.6 Å². The lowest BCUT2D eigenvalue weighted by Crippen LogP contribution is -2.42. The Labute approximate surface area is 281 Å². The SMILES string of the molecule is C=C1C[C@H](/C=C/C=O)OC1CC[C@H]1C[C@@H](C)C(=C)C(C[C@@H]2O[C@H](C[C@H](C)CO[Si](C)(C)C(C)(C)C)[C@H](C)[C@H]2Cc2ccccc2)O1. The van der Waals surface area contributed by atoms with Crippen LogP contribution in [-0.2, 0) is 29.9 Å². The Morgan fingerprint density at radius 2 is 1.74 bits per heavy atom. The molecule has 5 nitrogen and oxygen atoms in total. The van der Waals surface area contributed by atoms with Gasteiger partial charge in [0.1, 0.15) is 6.29 Å². The molecule has 46 heavy (non-hydrogen) atoms. The molecule has 0 aromatic heterocycles. The van der Waals surface area contributed by atoms with Crippen molar-refractivity contribution >= 4 is 14.6 Å². The maximum absolute atomic E-state index is 10.8. The second-order valence-electron chi connectivity index (χ2n) is 16.2. The zero-order chi connectivity index (χ0) is 33.6. The van der Waals surface area contributed by atoms with Gasteiger partial charge in [-0.25, -0.2) is 0 Å². The van der Waals surface area contributed by atoms with Gasteiger partial charge >= 0.3 is 0 Å². The molecule has 0 aliphatic carbocycles. The molecule has 0 radical (unpaired) electrons. The Kier molecular flexibility index (Phi) is 12.9. The van der Waals surface area contributed by atoms with Crippen molar-refractivity contribution in [3.63, 3.8) is 0 Å². The van der Waals surface area contributed by atoms with Crippen LogP contribution in [0, 0.1) is 23.7 Å². The van der Waals surface area contributed by atoms with E-state index in [4.69, 9.17) is 18.6 Å². The smallest absolute Gasteiger partial charge is 0.191 e. The fourth-order valence-corrected chi connectivity index (χ4v) is 8.41. The van der Waals surface area contributed by atoms with Crippen LogP contribution in [0.3, 0.4) is 0 Å². The van der Waals surface area contributed by atoms with Gasteiger partial charge in [-0.1, -0.05) is 91.1 Å². The third-order valence-corrected chi connectivity index (χ3v) is 16.0. The number of carbonyl (C=O) groups is 1. The molecule has 3 aliphatic heterocycles.